The molecule has 3 amide bonds. The van der Waals surface area contributed by atoms with Crippen molar-refractivity contribution in [3.05, 3.63) is 34.5 Å². The number of hydrogen-bond acceptors (Lipinski definition) is 5. The molecule has 1 aliphatic heterocycles. The lowest BCUT2D eigenvalue weighted by Gasteiger charge is -2.19. The second-order valence-corrected chi connectivity index (χ2v) is 9.17. The number of fused-ring (bicyclic) bond motifs is 5. The molecule has 8 nitrogen and oxygen atoms in total. The Balaban J connectivity index is 0.00000272. The van der Waals surface area contributed by atoms with E-state index >= 15 is 0 Å². The van der Waals surface area contributed by atoms with Gasteiger partial charge < -0.3 is 15.5 Å². The van der Waals surface area contributed by atoms with E-state index in [2.05, 4.69) is 27.8 Å². The molecule has 4 unspecified atom stereocenters. The van der Waals surface area contributed by atoms with Gasteiger partial charge in [-0.2, -0.15) is 0 Å². The Labute approximate surface area is 203 Å². The molecule has 3 aliphatic rings. The second kappa shape index (κ2) is 10.1. The summed E-state index contributed by atoms with van der Waals surface area (Å²) in [6.07, 6.45) is 5.13. The lowest BCUT2D eigenvalue weighted by molar-refractivity contribution is -0.140. The van der Waals surface area contributed by atoms with Gasteiger partial charge in [0.15, 0.2) is 5.96 Å². The van der Waals surface area contributed by atoms with Crippen LogP contribution >= 0.6 is 35.3 Å². The molecule has 0 spiro atoms. The molecule has 10 heteroatoms. The average Bonchev–Trinajstić information content (AvgIpc) is 3.50. The van der Waals surface area contributed by atoms with Crippen molar-refractivity contribution in [2.75, 3.05) is 33.7 Å². The van der Waals surface area contributed by atoms with Crippen LogP contribution in [-0.2, 0) is 20.9 Å². The third kappa shape index (κ3) is 4.94. The van der Waals surface area contributed by atoms with Crippen molar-refractivity contribution in [3.63, 3.8) is 0 Å². The van der Waals surface area contributed by atoms with Crippen molar-refractivity contribution in [2.45, 2.75) is 13.0 Å². The summed E-state index contributed by atoms with van der Waals surface area (Å²) in [4.78, 5) is 45.8. The summed E-state index contributed by atoms with van der Waals surface area (Å²) in [6.45, 7) is 1.28. The number of carbonyl (C=O) groups excluding carboxylic acids is 3. The molecular formula is C21H28IN5O3S. The van der Waals surface area contributed by atoms with Gasteiger partial charge in [-0.1, -0.05) is 18.2 Å². The summed E-state index contributed by atoms with van der Waals surface area (Å²) in [7, 11) is 3.38. The maximum absolute atomic E-state index is 12.8. The van der Waals surface area contributed by atoms with Gasteiger partial charge in [0.2, 0.25) is 17.7 Å². The highest BCUT2D eigenvalue weighted by Gasteiger charge is 2.58. The molecular weight excluding hydrogens is 529 g/mol. The predicted molar refractivity (Wildman–Crippen MR) is 130 cm³/mol. The highest BCUT2D eigenvalue weighted by atomic mass is 127. The van der Waals surface area contributed by atoms with Crippen molar-refractivity contribution in [2.24, 2.45) is 28.7 Å². The van der Waals surface area contributed by atoms with Crippen LogP contribution in [0.2, 0.25) is 0 Å². The van der Waals surface area contributed by atoms with Crippen LogP contribution in [0.25, 0.3) is 0 Å². The second-order valence-electron chi connectivity index (χ2n) is 8.14. The van der Waals surface area contributed by atoms with Gasteiger partial charge in [-0.3, -0.25) is 19.3 Å². The van der Waals surface area contributed by atoms with Gasteiger partial charge in [0, 0.05) is 32.1 Å². The number of carbonyl (C=O) groups is 3. The number of thiophene rings is 1. The van der Waals surface area contributed by atoms with Crippen LogP contribution in [0.15, 0.2) is 34.7 Å². The Morgan fingerprint density at radius 3 is 2.45 bits per heavy atom. The zero-order valence-corrected chi connectivity index (χ0v) is 20.8. The quantitative estimate of drug-likeness (QED) is 0.173. The molecule has 1 aromatic rings. The Morgan fingerprint density at radius 1 is 1.19 bits per heavy atom. The number of allylic oxidation sites excluding steroid dienone is 2. The van der Waals surface area contributed by atoms with Gasteiger partial charge in [0.25, 0.3) is 0 Å². The van der Waals surface area contributed by atoms with Gasteiger partial charge in [-0.05, 0) is 29.7 Å². The largest absolute Gasteiger partial charge is 0.355 e. The molecule has 2 bridgehead atoms. The van der Waals surface area contributed by atoms with Crippen LogP contribution in [0.3, 0.4) is 0 Å². The standard InChI is InChI=1S/C21H27N5O3S.HI/c1-25(2)16(27)12-24-21(23-11-15-4-3-9-30-15)22-7-8-26-19(28)17-13-5-6-14(10-13)18(17)20(26)29;/h3-6,9,13-14,17-18H,7-8,10-12H2,1-2H3,(H2,22,23,24);1H. The number of nitrogens with one attached hydrogen (secondary N) is 2. The molecule has 1 saturated heterocycles. The first-order valence-corrected chi connectivity index (χ1v) is 11.1. The van der Waals surface area contributed by atoms with Crippen molar-refractivity contribution < 1.29 is 14.4 Å². The van der Waals surface area contributed by atoms with E-state index in [1.807, 2.05) is 17.5 Å². The normalized spacial score (nSPS) is 26.1. The van der Waals surface area contributed by atoms with E-state index in [9.17, 15) is 14.4 Å². The molecule has 2 N–H and O–H groups in total. The summed E-state index contributed by atoms with van der Waals surface area (Å²) >= 11 is 1.63. The average molecular weight is 557 g/mol. The number of halogens is 1. The fourth-order valence-corrected chi connectivity index (χ4v) is 5.16. The number of rotatable bonds is 7. The summed E-state index contributed by atoms with van der Waals surface area (Å²) in [5.74, 6) is 0.387. The SMILES string of the molecule is CN(C)C(=O)CN=C(NCCN1C(=O)C2C3C=CC(C3)C2C1=O)NCc1cccs1.I. The van der Waals surface area contributed by atoms with Crippen LogP contribution in [0.5, 0.6) is 0 Å². The number of aliphatic imine (C=N–C) groups is 1. The lowest BCUT2D eigenvalue weighted by atomic mass is 9.85. The zero-order valence-electron chi connectivity index (χ0n) is 17.6. The summed E-state index contributed by atoms with van der Waals surface area (Å²) < 4.78 is 0. The molecule has 2 heterocycles. The van der Waals surface area contributed by atoms with Crippen molar-refractivity contribution in [3.8, 4) is 0 Å². The number of amides is 3. The number of likely N-dealkylation sites (N-methyl/N-ethyl adjacent to an activating group) is 1. The molecule has 0 aromatic carbocycles. The molecule has 2 aliphatic carbocycles. The van der Waals surface area contributed by atoms with Gasteiger partial charge in [-0.25, -0.2) is 4.99 Å². The lowest BCUT2D eigenvalue weighted by Crippen LogP contribution is -2.44. The zero-order chi connectivity index (χ0) is 21.3. The number of nitrogens with zero attached hydrogens (tertiary/aromatic N) is 3. The molecule has 1 saturated carbocycles. The Hall–Kier alpha value is -1.95. The molecule has 2 fully saturated rings. The van der Waals surface area contributed by atoms with Crippen LogP contribution in [0.1, 0.15) is 11.3 Å². The fraction of sp³-hybridized carbons (Fsp3) is 0.524. The van der Waals surface area contributed by atoms with Crippen molar-refractivity contribution >= 4 is 59.0 Å². The monoisotopic (exact) mass is 557 g/mol. The summed E-state index contributed by atoms with van der Waals surface area (Å²) in [5.41, 5.74) is 0. The number of guanidine groups is 1. The van der Waals surface area contributed by atoms with Crippen LogP contribution in [0, 0.1) is 23.7 Å². The Morgan fingerprint density at radius 2 is 1.87 bits per heavy atom. The first-order valence-electron chi connectivity index (χ1n) is 10.2. The first kappa shape index (κ1) is 23.7. The number of hydrogen-bond donors (Lipinski definition) is 2. The summed E-state index contributed by atoms with van der Waals surface area (Å²) in [5, 5.41) is 8.37. The maximum Gasteiger partial charge on any atom is 0.243 e. The molecule has 4 atom stereocenters. The van der Waals surface area contributed by atoms with E-state index in [1.165, 1.54) is 9.80 Å². The maximum atomic E-state index is 12.8. The molecule has 0 radical (unpaired) electrons. The topological polar surface area (TPSA) is 94.1 Å². The van der Waals surface area contributed by atoms with Crippen molar-refractivity contribution in [1.29, 1.82) is 0 Å². The van der Waals surface area contributed by atoms with Gasteiger partial charge in [-0.15, -0.1) is 35.3 Å². The first-order chi connectivity index (χ1) is 14.5. The number of likely N-dealkylation sites (tertiary alicyclic amines) is 1. The minimum absolute atomic E-state index is 0. The van der Waals surface area contributed by atoms with E-state index in [1.54, 1.807) is 25.4 Å². The van der Waals surface area contributed by atoms with Gasteiger partial charge in [0.05, 0.1) is 18.4 Å². The fourth-order valence-electron chi connectivity index (χ4n) is 4.52. The van der Waals surface area contributed by atoms with E-state index < -0.39 is 0 Å². The Bertz CT molecular complexity index is 856. The highest BCUT2D eigenvalue weighted by Crippen LogP contribution is 2.52. The highest BCUT2D eigenvalue weighted by molar-refractivity contribution is 14.0. The van der Waals surface area contributed by atoms with E-state index in [4.69, 9.17) is 0 Å². The molecule has 168 valence electrons. The molecule has 4 rings (SSSR count). The third-order valence-electron chi connectivity index (χ3n) is 6.07. The van der Waals surface area contributed by atoms with Gasteiger partial charge in [0.1, 0.15) is 6.54 Å². The van der Waals surface area contributed by atoms with E-state index in [0.29, 0.717) is 25.6 Å². The smallest absolute Gasteiger partial charge is 0.243 e. The third-order valence-corrected chi connectivity index (χ3v) is 6.95. The minimum atomic E-state index is -0.171. The van der Waals surface area contributed by atoms with Crippen LogP contribution < -0.4 is 10.6 Å². The number of imide groups is 1. The predicted octanol–water partition coefficient (Wildman–Crippen LogP) is 1.30. The van der Waals surface area contributed by atoms with Crippen LogP contribution in [-0.4, -0.2) is 67.2 Å². The van der Waals surface area contributed by atoms with E-state index in [0.717, 1.165) is 11.3 Å². The molecule has 31 heavy (non-hydrogen) atoms. The minimum Gasteiger partial charge on any atom is -0.355 e. The summed E-state index contributed by atoms with van der Waals surface area (Å²) in [6, 6.07) is 3.99. The van der Waals surface area contributed by atoms with E-state index in [-0.39, 0.29) is 71.9 Å². The van der Waals surface area contributed by atoms with Crippen LogP contribution in [0.4, 0.5) is 0 Å². The Kier molecular flexibility index (Phi) is 7.73. The molecule has 1 aromatic heterocycles. The van der Waals surface area contributed by atoms with Crippen molar-refractivity contribution in [1.82, 2.24) is 20.4 Å². The van der Waals surface area contributed by atoms with Gasteiger partial charge >= 0.3 is 0 Å².